The van der Waals surface area contributed by atoms with Gasteiger partial charge < -0.3 is 10.5 Å². The van der Waals surface area contributed by atoms with Gasteiger partial charge in [0.2, 0.25) is 5.95 Å². The van der Waals surface area contributed by atoms with Crippen LogP contribution in [0.2, 0.25) is 0 Å². The van der Waals surface area contributed by atoms with Gasteiger partial charge in [0, 0.05) is 34.4 Å². The number of aromatic nitrogens is 1. The lowest BCUT2D eigenvalue weighted by Gasteiger charge is -2.43. The van der Waals surface area contributed by atoms with Crippen LogP contribution in [0.5, 0.6) is 5.75 Å². The topological polar surface area (TPSA) is 72.0 Å². The van der Waals surface area contributed by atoms with Crippen LogP contribution in [-0.4, -0.2) is 22.5 Å². The van der Waals surface area contributed by atoms with Crippen LogP contribution in [0.3, 0.4) is 0 Å². The third kappa shape index (κ3) is 4.10. The third-order valence-corrected chi connectivity index (χ3v) is 6.49. The Morgan fingerprint density at radius 1 is 1.44 bits per heavy atom. The van der Waals surface area contributed by atoms with Crippen molar-refractivity contribution >= 4 is 16.9 Å². The molecular formula is C21H26FN3OS. The molecule has 2 heterocycles. The van der Waals surface area contributed by atoms with E-state index in [1.54, 1.807) is 12.1 Å². The number of nitrogens with one attached hydrogen (secondary N) is 1. The Labute approximate surface area is 164 Å². The molecule has 2 aromatic rings. The number of halogens is 1. The van der Waals surface area contributed by atoms with E-state index in [0.29, 0.717) is 23.8 Å². The van der Waals surface area contributed by atoms with Gasteiger partial charge >= 0.3 is 0 Å². The molecule has 0 fully saturated rings. The third-order valence-electron chi connectivity index (χ3n) is 5.44. The van der Waals surface area contributed by atoms with Crippen molar-refractivity contribution in [3.63, 3.8) is 0 Å². The quantitative estimate of drug-likeness (QED) is 0.417. The summed E-state index contributed by atoms with van der Waals surface area (Å²) in [6.45, 7) is 5.05. The van der Waals surface area contributed by atoms with E-state index in [4.69, 9.17) is 15.9 Å². The van der Waals surface area contributed by atoms with Crippen LogP contribution >= 0.6 is 11.8 Å². The minimum absolute atomic E-state index is 0.118. The maximum Gasteiger partial charge on any atom is 0.220 e. The van der Waals surface area contributed by atoms with Crippen LogP contribution in [0.25, 0.3) is 11.1 Å². The van der Waals surface area contributed by atoms with Crippen molar-refractivity contribution in [1.82, 2.24) is 4.98 Å². The highest BCUT2D eigenvalue weighted by molar-refractivity contribution is 8.13. The SMILES string of the molecule is CCCC[C@@H]1COc2ccc(-c3cccnc3F)cc2C1(C)CSC(=N)N. The van der Waals surface area contributed by atoms with Gasteiger partial charge in [0.05, 0.1) is 6.61 Å². The number of fused-ring (bicyclic) bond motifs is 1. The number of benzene rings is 1. The predicted octanol–water partition coefficient (Wildman–Crippen LogP) is 4.97. The van der Waals surface area contributed by atoms with Crippen molar-refractivity contribution in [2.24, 2.45) is 11.7 Å². The summed E-state index contributed by atoms with van der Waals surface area (Å²) in [7, 11) is 0. The van der Waals surface area contributed by atoms with Crippen molar-refractivity contribution < 1.29 is 9.13 Å². The second kappa shape index (κ2) is 8.30. The lowest BCUT2D eigenvalue weighted by molar-refractivity contribution is 0.142. The average Bonchev–Trinajstić information content (AvgIpc) is 2.66. The number of amidine groups is 1. The fraction of sp³-hybridized carbons (Fsp3) is 0.429. The zero-order chi connectivity index (χ0) is 19.4. The number of ether oxygens (including phenoxy) is 1. The molecule has 1 aliphatic heterocycles. The predicted molar refractivity (Wildman–Crippen MR) is 110 cm³/mol. The van der Waals surface area contributed by atoms with E-state index in [-0.39, 0.29) is 10.6 Å². The Bertz CT molecular complexity index is 829. The lowest BCUT2D eigenvalue weighted by atomic mass is 9.69. The molecular weight excluding hydrogens is 361 g/mol. The summed E-state index contributed by atoms with van der Waals surface area (Å²) in [5, 5.41) is 7.76. The molecule has 144 valence electrons. The first-order valence-electron chi connectivity index (χ1n) is 9.30. The van der Waals surface area contributed by atoms with Crippen LogP contribution in [0.15, 0.2) is 36.5 Å². The Morgan fingerprint density at radius 2 is 2.26 bits per heavy atom. The van der Waals surface area contributed by atoms with E-state index in [0.717, 1.165) is 36.1 Å². The van der Waals surface area contributed by atoms with Crippen LogP contribution in [0, 0.1) is 17.3 Å². The monoisotopic (exact) mass is 387 g/mol. The van der Waals surface area contributed by atoms with Crippen LogP contribution in [-0.2, 0) is 5.41 Å². The van der Waals surface area contributed by atoms with E-state index in [2.05, 4.69) is 18.8 Å². The summed E-state index contributed by atoms with van der Waals surface area (Å²) in [4.78, 5) is 3.77. The van der Waals surface area contributed by atoms with Gasteiger partial charge in [-0.1, -0.05) is 44.5 Å². The lowest BCUT2D eigenvalue weighted by Crippen LogP contribution is -2.42. The largest absolute Gasteiger partial charge is 0.493 e. The molecule has 1 aliphatic rings. The molecule has 6 heteroatoms. The number of pyridine rings is 1. The molecule has 1 unspecified atom stereocenters. The van der Waals surface area contributed by atoms with Crippen LogP contribution < -0.4 is 10.5 Å². The van der Waals surface area contributed by atoms with Crippen LogP contribution in [0.4, 0.5) is 4.39 Å². The van der Waals surface area contributed by atoms with Crippen molar-refractivity contribution in [2.75, 3.05) is 12.4 Å². The molecule has 2 atom stereocenters. The van der Waals surface area contributed by atoms with Crippen LogP contribution in [0.1, 0.15) is 38.7 Å². The molecule has 0 saturated heterocycles. The summed E-state index contributed by atoms with van der Waals surface area (Å²) < 4.78 is 20.3. The van der Waals surface area contributed by atoms with Gasteiger partial charge in [-0.3, -0.25) is 5.41 Å². The number of hydrogen-bond acceptors (Lipinski definition) is 4. The highest BCUT2D eigenvalue weighted by Gasteiger charge is 2.41. The first-order chi connectivity index (χ1) is 13.0. The Morgan fingerprint density at radius 3 is 2.96 bits per heavy atom. The Balaban J connectivity index is 2.05. The van der Waals surface area contributed by atoms with Gasteiger partial charge in [-0.25, -0.2) is 4.98 Å². The summed E-state index contributed by atoms with van der Waals surface area (Å²) in [6.07, 6.45) is 4.76. The highest BCUT2D eigenvalue weighted by Crippen LogP contribution is 2.47. The van der Waals surface area contributed by atoms with Gasteiger partial charge in [-0.2, -0.15) is 4.39 Å². The van der Waals surface area contributed by atoms with Gasteiger partial charge in [-0.15, -0.1) is 0 Å². The van der Waals surface area contributed by atoms with E-state index in [1.165, 1.54) is 18.0 Å². The molecule has 27 heavy (non-hydrogen) atoms. The van der Waals surface area contributed by atoms with Crippen molar-refractivity contribution in [2.45, 2.75) is 38.5 Å². The van der Waals surface area contributed by atoms with E-state index in [1.807, 2.05) is 18.2 Å². The van der Waals surface area contributed by atoms with Crippen molar-refractivity contribution in [3.8, 4) is 16.9 Å². The minimum atomic E-state index is -0.475. The van der Waals surface area contributed by atoms with Gasteiger partial charge in [0.25, 0.3) is 0 Å². The molecule has 1 aromatic carbocycles. The minimum Gasteiger partial charge on any atom is -0.493 e. The molecule has 0 spiro atoms. The molecule has 4 nitrogen and oxygen atoms in total. The summed E-state index contributed by atoms with van der Waals surface area (Å²) in [5.41, 5.74) is 7.76. The van der Waals surface area contributed by atoms with E-state index < -0.39 is 5.95 Å². The Kier molecular flexibility index (Phi) is 6.05. The van der Waals surface area contributed by atoms with Gasteiger partial charge in [0.1, 0.15) is 5.75 Å². The highest BCUT2D eigenvalue weighted by atomic mass is 32.2. The molecule has 3 rings (SSSR count). The van der Waals surface area contributed by atoms with E-state index in [9.17, 15) is 4.39 Å². The first kappa shape index (κ1) is 19.7. The number of rotatable bonds is 6. The standard InChI is InChI=1S/C21H26FN3OS/c1-3-4-6-15-12-26-18-9-8-14(16-7-5-10-25-19(16)22)11-17(18)21(15,2)13-27-20(23)24/h5,7-11,15H,3-4,6,12-13H2,1-2H3,(H3,23,24)/t15-,21?/m1/s1. The smallest absolute Gasteiger partial charge is 0.220 e. The fourth-order valence-corrected chi connectivity index (χ4v) is 4.59. The molecule has 3 N–H and O–H groups in total. The molecule has 0 amide bonds. The normalized spacial score (nSPS) is 21.4. The zero-order valence-electron chi connectivity index (χ0n) is 15.8. The molecule has 0 radical (unpaired) electrons. The number of unbranched alkanes of at least 4 members (excludes halogenated alkanes) is 1. The maximum atomic E-state index is 14.2. The number of nitrogens with two attached hydrogens (primary N) is 1. The molecule has 0 saturated carbocycles. The number of nitrogens with zero attached hydrogens (tertiary/aromatic N) is 1. The second-order valence-corrected chi connectivity index (χ2v) is 8.29. The first-order valence-corrected chi connectivity index (χ1v) is 10.3. The molecule has 0 bridgehead atoms. The van der Waals surface area contributed by atoms with Gasteiger partial charge in [-0.05, 0) is 36.2 Å². The Hall–Kier alpha value is -2.08. The second-order valence-electron chi connectivity index (χ2n) is 7.27. The number of hydrogen-bond donors (Lipinski definition) is 2. The fourth-order valence-electron chi connectivity index (χ4n) is 3.74. The maximum absolute atomic E-state index is 14.2. The van der Waals surface area contributed by atoms with Crippen molar-refractivity contribution in [3.05, 3.63) is 48.0 Å². The summed E-state index contributed by atoms with van der Waals surface area (Å²) in [5.74, 6) is 1.39. The van der Waals surface area contributed by atoms with E-state index >= 15 is 0 Å². The zero-order valence-corrected chi connectivity index (χ0v) is 16.6. The molecule has 0 aliphatic carbocycles. The van der Waals surface area contributed by atoms with Gasteiger partial charge in [0.15, 0.2) is 5.17 Å². The van der Waals surface area contributed by atoms with Crippen molar-refractivity contribution in [1.29, 1.82) is 5.41 Å². The summed E-state index contributed by atoms with van der Waals surface area (Å²) in [6, 6.07) is 9.30. The summed E-state index contributed by atoms with van der Waals surface area (Å²) >= 11 is 1.36. The molecule has 1 aromatic heterocycles. The average molecular weight is 388 g/mol. The number of thioether (sulfide) groups is 1.